The van der Waals surface area contributed by atoms with Crippen LogP contribution in [0.25, 0.3) is 11.0 Å². The Balaban J connectivity index is 0.00000131. The van der Waals surface area contributed by atoms with Crippen molar-refractivity contribution < 1.29 is 9.53 Å². The highest BCUT2D eigenvalue weighted by atomic mass is 35.5. The monoisotopic (exact) mass is 417 g/mol. The fourth-order valence-corrected chi connectivity index (χ4v) is 3.46. The molecule has 2 aromatic rings. The Morgan fingerprint density at radius 2 is 2.04 bits per heavy atom. The lowest BCUT2D eigenvalue weighted by atomic mass is 10.1. The summed E-state index contributed by atoms with van der Waals surface area (Å²) in [5.74, 6) is 1.09. The van der Waals surface area contributed by atoms with E-state index in [9.17, 15) is 4.79 Å². The van der Waals surface area contributed by atoms with Gasteiger partial charge in [-0.2, -0.15) is 5.10 Å². The fourth-order valence-electron chi connectivity index (χ4n) is 3.46. The van der Waals surface area contributed by atoms with Crippen LogP contribution in [-0.4, -0.2) is 82.5 Å². The third-order valence-corrected chi connectivity index (χ3v) is 4.86. The molecular weight excluding hydrogens is 393 g/mol. The van der Waals surface area contributed by atoms with Gasteiger partial charge in [-0.15, -0.1) is 24.8 Å². The van der Waals surface area contributed by atoms with E-state index in [4.69, 9.17) is 4.74 Å². The summed E-state index contributed by atoms with van der Waals surface area (Å²) in [6, 6.07) is 0.135. The number of carbonyl (C=O) groups is 1. The van der Waals surface area contributed by atoms with Crippen LogP contribution < -0.4 is 10.2 Å². The van der Waals surface area contributed by atoms with E-state index in [-0.39, 0.29) is 36.8 Å². The fraction of sp³-hybridized carbons (Fsp3) is 0.625. The van der Waals surface area contributed by atoms with E-state index in [1.54, 1.807) is 17.2 Å². The van der Waals surface area contributed by atoms with E-state index in [0.717, 1.165) is 43.1 Å². The summed E-state index contributed by atoms with van der Waals surface area (Å²) in [5.41, 5.74) is 0.826. The smallest absolute Gasteiger partial charge is 0.224 e. The van der Waals surface area contributed by atoms with Gasteiger partial charge in [0, 0.05) is 52.2 Å². The number of hydrogen-bond donors (Lipinski definition) is 1. The summed E-state index contributed by atoms with van der Waals surface area (Å²) >= 11 is 0. The topological polar surface area (TPSA) is 88.4 Å². The van der Waals surface area contributed by atoms with E-state index in [1.807, 2.05) is 11.9 Å². The minimum atomic E-state index is 0. The van der Waals surface area contributed by atoms with E-state index < -0.39 is 0 Å². The van der Waals surface area contributed by atoms with E-state index in [0.29, 0.717) is 26.1 Å². The number of anilines is 1. The zero-order valence-electron chi connectivity index (χ0n) is 15.2. The lowest BCUT2D eigenvalue weighted by Crippen LogP contribution is -2.51. The second-order valence-corrected chi connectivity index (χ2v) is 6.50. The maximum Gasteiger partial charge on any atom is 0.224 e. The van der Waals surface area contributed by atoms with E-state index in [2.05, 4.69) is 25.3 Å². The largest absolute Gasteiger partial charge is 0.378 e. The molecule has 0 aliphatic carbocycles. The molecule has 1 N–H and O–H groups in total. The molecule has 2 aromatic heterocycles. The minimum absolute atomic E-state index is 0. The van der Waals surface area contributed by atoms with Gasteiger partial charge in [-0.1, -0.05) is 0 Å². The molecule has 4 rings (SSSR count). The van der Waals surface area contributed by atoms with Crippen LogP contribution in [0.1, 0.15) is 6.42 Å². The maximum absolute atomic E-state index is 12.5. The number of halogens is 2. The molecule has 0 spiro atoms. The lowest BCUT2D eigenvalue weighted by molar-refractivity contribution is -0.132. The Bertz CT molecular complexity index is 758. The number of piperazine rings is 1. The summed E-state index contributed by atoms with van der Waals surface area (Å²) in [5, 5.41) is 8.55. The van der Waals surface area contributed by atoms with E-state index >= 15 is 0 Å². The average molecular weight is 418 g/mol. The summed E-state index contributed by atoms with van der Waals surface area (Å²) in [7, 11) is 1.87. The summed E-state index contributed by atoms with van der Waals surface area (Å²) in [6.45, 7) is 5.11. The molecule has 1 amide bonds. The number of morpholine rings is 1. The molecule has 27 heavy (non-hydrogen) atoms. The number of carbonyl (C=O) groups excluding carboxylic acids is 1. The summed E-state index contributed by atoms with van der Waals surface area (Å²) < 4.78 is 7.17. The van der Waals surface area contributed by atoms with Crippen molar-refractivity contribution in [2.24, 2.45) is 7.05 Å². The molecule has 0 bridgehead atoms. The highest BCUT2D eigenvalue weighted by Crippen LogP contribution is 2.23. The molecule has 2 aliphatic heterocycles. The first-order chi connectivity index (χ1) is 12.2. The number of nitrogens with one attached hydrogen (secondary N) is 1. The van der Waals surface area contributed by atoms with Crippen molar-refractivity contribution in [1.29, 1.82) is 0 Å². The van der Waals surface area contributed by atoms with Crippen molar-refractivity contribution in [2.45, 2.75) is 12.5 Å². The molecule has 2 fully saturated rings. The van der Waals surface area contributed by atoms with E-state index in [1.165, 1.54) is 0 Å². The van der Waals surface area contributed by atoms with Crippen LogP contribution in [0.5, 0.6) is 0 Å². The molecule has 0 radical (unpaired) electrons. The van der Waals surface area contributed by atoms with Crippen molar-refractivity contribution in [2.75, 3.05) is 50.8 Å². The molecule has 2 saturated heterocycles. The Labute approximate surface area is 170 Å². The van der Waals surface area contributed by atoms with Crippen molar-refractivity contribution in [3.63, 3.8) is 0 Å². The number of amides is 1. The molecule has 1 atom stereocenters. The SMILES string of the molecule is Cl.Cl.Cn1ncc2c(N3CCN(C(=O)CC4COCCN4)CC3)ncnc21. The van der Waals surface area contributed by atoms with Gasteiger partial charge in [0.05, 0.1) is 24.8 Å². The highest BCUT2D eigenvalue weighted by molar-refractivity contribution is 5.87. The van der Waals surface area contributed by atoms with Crippen molar-refractivity contribution >= 4 is 47.6 Å². The normalized spacial score (nSPS) is 20.1. The van der Waals surface area contributed by atoms with Gasteiger partial charge in [-0.3, -0.25) is 9.48 Å². The van der Waals surface area contributed by atoms with Crippen LogP contribution in [0.3, 0.4) is 0 Å². The first kappa shape index (κ1) is 21.6. The van der Waals surface area contributed by atoms with Gasteiger partial charge in [0.15, 0.2) is 5.65 Å². The van der Waals surface area contributed by atoms with Crippen LogP contribution in [0.4, 0.5) is 5.82 Å². The van der Waals surface area contributed by atoms with Gasteiger partial charge < -0.3 is 19.9 Å². The number of rotatable bonds is 3. The van der Waals surface area contributed by atoms with Crippen LogP contribution in [-0.2, 0) is 16.6 Å². The number of ether oxygens (including phenoxy) is 1. The number of aromatic nitrogens is 4. The Morgan fingerprint density at radius 1 is 1.26 bits per heavy atom. The summed E-state index contributed by atoms with van der Waals surface area (Å²) in [4.78, 5) is 25.4. The van der Waals surface area contributed by atoms with Gasteiger partial charge >= 0.3 is 0 Å². The zero-order valence-corrected chi connectivity index (χ0v) is 16.8. The predicted molar refractivity (Wildman–Crippen MR) is 107 cm³/mol. The average Bonchev–Trinajstić information content (AvgIpc) is 3.04. The minimum Gasteiger partial charge on any atom is -0.378 e. The van der Waals surface area contributed by atoms with Crippen molar-refractivity contribution in [3.8, 4) is 0 Å². The van der Waals surface area contributed by atoms with Gasteiger partial charge in [0.25, 0.3) is 0 Å². The van der Waals surface area contributed by atoms with Crippen molar-refractivity contribution in [3.05, 3.63) is 12.5 Å². The number of fused-ring (bicyclic) bond motifs is 1. The molecule has 4 heterocycles. The molecule has 11 heteroatoms. The molecule has 0 aromatic carbocycles. The number of aryl methyl sites for hydroxylation is 1. The van der Waals surface area contributed by atoms with Crippen LogP contribution in [0.2, 0.25) is 0 Å². The Morgan fingerprint density at radius 3 is 2.74 bits per heavy atom. The Hall–Kier alpha value is -1.68. The standard InChI is InChI=1S/C16H23N7O2.2ClH/c1-21-15-13(9-20-21)16(19-11-18-15)23-5-3-22(4-6-23)14(24)8-12-10-25-7-2-17-12;;/h9,11-12,17H,2-8,10H2,1H3;2*1H. The van der Waals surface area contributed by atoms with Crippen LogP contribution in [0.15, 0.2) is 12.5 Å². The third-order valence-electron chi connectivity index (χ3n) is 4.86. The quantitative estimate of drug-likeness (QED) is 0.764. The second-order valence-electron chi connectivity index (χ2n) is 6.50. The highest BCUT2D eigenvalue weighted by Gasteiger charge is 2.26. The molecule has 2 aliphatic rings. The number of hydrogen-bond acceptors (Lipinski definition) is 7. The lowest BCUT2D eigenvalue weighted by Gasteiger charge is -2.36. The summed E-state index contributed by atoms with van der Waals surface area (Å²) in [6.07, 6.45) is 3.88. The Kier molecular flexibility index (Phi) is 7.60. The molecule has 0 saturated carbocycles. The van der Waals surface area contributed by atoms with Gasteiger partial charge in [0.2, 0.25) is 5.91 Å². The first-order valence-electron chi connectivity index (χ1n) is 8.69. The number of nitrogens with zero attached hydrogens (tertiary/aromatic N) is 6. The van der Waals surface area contributed by atoms with Crippen molar-refractivity contribution in [1.82, 2.24) is 30.0 Å². The second kappa shape index (κ2) is 9.50. The third kappa shape index (κ3) is 4.60. The van der Waals surface area contributed by atoms with Gasteiger partial charge in [0.1, 0.15) is 12.1 Å². The molecule has 150 valence electrons. The van der Waals surface area contributed by atoms with Gasteiger partial charge in [-0.25, -0.2) is 9.97 Å². The molecule has 1 unspecified atom stereocenters. The maximum atomic E-state index is 12.5. The first-order valence-corrected chi connectivity index (χ1v) is 8.69. The predicted octanol–water partition coefficient (Wildman–Crippen LogP) is 0.234. The van der Waals surface area contributed by atoms with Crippen LogP contribution >= 0.6 is 24.8 Å². The molecular formula is C16H25Cl2N7O2. The zero-order chi connectivity index (χ0) is 17.2. The molecule has 9 nitrogen and oxygen atoms in total. The van der Waals surface area contributed by atoms with Gasteiger partial charge in [-0.05, 0) is 0 Å². The van der Waals surface area contributed by atoms with Crippen LogP contribution in [0, 0.1) is 0 Å².